The van der Waals surface area contributed by atoms with Crippen molar-refractivity contribution in [2.45, 2.75) is 78.1 Å². The fourth-order valence-corrected chi connectivity index (χ4v) is 6.35. The van der Waals surface area contributed by atoms with E-state index in [2.05, 4.69) is 68.6 Å². The summed E-state index contributed by atoms with van der Waals surface area (Å²) in [5.41, 5.74) is 12.2. The molecule has 5 rings (SSSR count). The maximum Gasteiger partial charge on any atom is 0.0845 e. The van der Waals surface area contributed by atoms with Gasteiger partial charge in [-0.25, -0.2) is 9.97 Å². The second-order valence-electron chi connectivity index (χ2n) is 13.0. The van der Waals surface area contributed by atoms with Gasteiger partial charge in [0.15, 0.2) is 0 Å². The Morgan fingerprint density at radius 2 is 0.958 bits per heavy atom. The van der Waals surface area contributed by atoms with Crippen LogP contribution in [0.3, 0.4) is 0 Å². The summed E-state index contributed by atoms with van der Waals surface area (Å²) in [6.07, 6.45) is 3.70. The molecule has 2 atom stereocenters. The first kappa shape index (κ1) is 35.1. The highest BCUT2D eigenvalue weighted by Gasteiger charge is 2.15. The van der Waals surface area contributed by atoms with Gasteiger partial charge in [0.1, 0.15) is 0 Å². The Kier molecular flexibility index (Phi) is 12.2. The van der Waals surface area contributed by atoms with Crippen molar-refractivity contribution in [2.75, 3.05) is 19.3 Å². The molecule has 0 saturated carbocycles. The van der Waals surface area contributed by atoms with Crippen molar-refractivity contribution in [3.8, 4) is 0 Å². The fraction of sp³-hybridized carbons (Fsp3) is 0.366. The zero-order valence-corrected chi connectivity index (χ0v) is 30.3. The third-order valence-electron chi connectivity index (χ3n) is 8.73. The van der Waals surface area contributed by atoms with E-state index < -0.39 is 0 Å². The van der Waals surface area contributed by atoms with Crippen molar-refractivity contribution in [3.63, 3.8) is 0 Å². The molecule has 0 aliphatic carbocycles. The molecule has 0 N–H and O–H groups in total. The summed E-state index contributed by atoms with van der Waals surface area (Å²) in [7, 11) is 0. The topological polar surface area (TPSA) is 75.2 Å². The molecule has 7 heteroatoms. The molecule has 2 aromatic carbocycles. The van der Waals surface area contributed by atoms with Gasteiger partial charge in [-0.1, -0.05) is 74.5 Å². The number of aromatic nitrogens is 2. The van der Waals surface area contributed by atoms with Gasteiger partial charge < -0.3 is 0 Å². The average molecular weight is 657 g/mol. The average Bonchev–Trinajstić information content (AvgIpc) is 3.10. The summed E-state index contributed by atoms with van der Waals surface area (Å²) >= 11 is 1.84. The van der Waals surface area contributed by atoms with E-state index in [1.54, 1.807) is 0 Å². The van der Waals surface area contributed by atoms with Crippen LogP contribution >= 0.6 is 11.8 Å². The zero-order valence-electron chi connectivity index (χ0n) is 29.4. The quantitative estimate of drug-likeness (QED) is 0.200. The number of nitrogens with zero attached hydrogens (tertiary/aromatic N) is 6. The van der Waals surface area contributed by atoms with Crippen molar-refractivity contribution < 1.29 is 0 Å². The zero-order chi connectivity index (χ0) is 34.0. The number of fused-ring (bicyclic) bond motifs is 4. The smallest absolute Gasteiger partial charge is 0.0845 e. The second-order valence-corrected chi connectivity index (χ2v) is 13.8. The molecule has 1 aliphatic rings. The Morgan fingerprint density at radius 3 is 1.38 bits per heavy atom. The van der Waals surface area contributed by atoms with E-state index in [1.807, 2.05) is 75.9 Å². The molecule has 0 radical (unpaired) electrons. The molecule has 0 saturated heterocycles. The van der Waals surface area contributed by atoms with E-state index in [-0.39, 0.29) is 12.1 Å². The van der Waals surface area contributed by atoms with E-state index in [0.717, 1.165) is 64.2 Å². The highest BCUT2D eigenvalue weighted by Crippen LogP contribution is 2.18. The molecule has 248 valence electrons. The van der Waals surface area contributed by atoms with Crippen LogP contribution in [0, 0.1) is 0 Å². The van der Waals surface area contributed by atoms with Crippen LogP contribution in [-0.4, -0.2) is 64.2 Å². The monoisotopic (exact) mass is 656 g/mol. The van der Waals surface area contributed by atoms with Crippen LogP contribution in [0.5, 0.6) is 0 Å². The van der Waals surface area contributed by atoms with Crippen LogP contribution in [0.25, 0.3) is 0 Å². The van der Waals surface area contributed by atoms with Gasteiger partial charge in [0.2, 0.25) is 0 Å². The van der Waals surface area contributed by atoms with E-state index in [0.29, 0.717) is 19.0 Å². The van der Waals surface area contributed by atoms with Crippen molar-refractivity contribution in [3.05, 3.63) is 130 Å². The highest BCUT2D eigenvalue weighted by molar-refractivity contribution is 7.97. The van der Waals surface area contributed by atoms with Gasteiger partial charge in [0, 0.05) is 5.75 Å². The molecule has 1 aliphatic heterocycles. The molecule has 4 bridgehead atoms. The molecular formula is C41H48N6S. The maximum absolute atomic E-state index is 5.21. The summed E-state index contributed by atoms with van der Waals surface area (Å²) in [6.45, 7) is 13.7. The Morgan fingerprint density at radius 1 is 0.562 bits per heavy atom. The summed E-state index contributed by atoms with van der Waals surface area (Å²) < 4.78 is 0. The SMILES string of the molecule is CSCc1ccc(C[C@H]2CN=C(C)c3cccc(n3)C(C)=N[C@@H](Cc3ccc(C(C)C)cc3)CN=C(C)c3cccc(n3)C(C)=N2)cc1. The van der Waals surface area contributed by atoms with Gasteiger partial charge in [0.25, 0.3) is 0 Å². The van der Waals surface area contributed by atoms with Gasteiger partial charge >= 0.3 is 0 Å². The Bertz CT molecular complexity index is 1800. The highest BCUT2D eigenvalue weighted by atomic mass is 32.2. The van der Waals surface area contributed by atoms with Crippen LogP contribution in [0.15, 0.2) is 105 Å². The van der Waals surface area contributed by atoms with Crippen molar-refractivity contribution in [2.24, 2.45) is 20.0 Å². The van der Waals surface area contributed by atoms with Crippen molar-refractivity contribution in [1.82, 2.24) is 9.97 Å². The standard InChI is InChI=1S/C41H48N6S/c1-27(2)35-20-18-33(19-21-35)23-37-25-43-29(4)39-11-8-12-40(46-39)30(5)44-36(22-32-14-16-34(17-15-32)26-48-7)24-42-28(3)38-10-9-13-41(47-38)31(6)45-37/h8-21,27,36-37H,22-26H2,1-7H3/t36-,37-/m0/s1. The Hall–Kier alpha value is -4.23. The first-order valence-corrected chi connectivity index (χ1v) is 18.3. The summed E-state index contributed by atoms with van der Waals surface area (Å²) in [4.78, 5) is 30.5. The molecule has 48 heavy (non-hydrogen) atoms. The molecule has 6 nitrogen and oxygen atoms in total. The van der Waals surface area contributed by atoms with Crippen molar-refractivity contribution in [1.29, 1.82) is 0 Å². The lowest BCUT2D eigenvalue weighted by Crippen LogP contribution is -2.19. The number of rotatable bonds is 7. The predicted octanol–water partition coefficient (Wildman–Crippen LogP) is 8.64. The number of hydrogen-bond acceptors (Lipinski definition) is 7. The minimum atomic E-state index is -0.0500. The van der Waals surface area contributed by atoms with Crippen LogP contribution < -0.4 is 0 Å². The molecule has 2 aromatic heterocycles. The molecule has 4 aromatic rings. The molecule has 0 spiro atoms. The molecular weight excluding hydrogens is 609 g/mol. The van der Waals surface area contributed by atoms with E-state index in [4.69, 9.17) is 29.9 Å². The third kappa shape index (κ3) is 9.66. The van der Waals surface area contributed by atoms with E-state index in [9.17, 15) is 0 Å². The van der Waals surface area contributed by atoms with Crippen LogP contribution in [0.4, 0.5) is 0 Å². The summed E-state index contributed by atoms with van der Waals surface area (Å²) in [5, 5.41) is 0. The minimum Gasteiger partial charge on any atom is -0.286 e. The largest absolute Gasteiger partial charge is 0.286 e. The van der Waals surface area contributed by atoms with E-state index >= 15 is 0 Å². The first-order chi connectivity index (χ1) is 23.2. The van der Waals surface area contributed by atoms with Gasteiger partial charge in [-0.3, -0.25) is 20.0 Å². The Balaban J connectivity index is 1.52. The lowest BCUT2D eigenvalue weighted by Gasteiger charge is -2.16. The van der Waals surface area contributed by atoms with Crippen molar-refractivity contribution >= 4 is 34.6 Å². The second kappa shape index (κ2) is 16.7. The summed E-state index contributed by atoms with van der Waals surface area (Å²) in [5.74, 6) is 1.51. The lowest BCUT2D eigenvalue weighted by molar-refractivity contribution is 0.680. The third-order valence-corrected chi connectivity index (χ3v) is 9.36. The summed E-state index contributed by atoms with van der Waals surface area (Å²) in [6, 6.07) is 29.9. The molecule has 0 unspecified atom stereocenters. The Labute approximate surface area is 291 Å². The fourth-order valence-electron chi connectivity index (χ4n) is 5.83. The van der Waals surface area contributed by atoms with Gasteiger partial charge in [-0.15, -0.1) is 0 Å². The van der Waals surface area contributed by atoms with Gasteiger partial charge in [-0.2, -0.15) is 11.8 Å². The molecule has 3 heterocycles. The molecule has 0 fully saturated rings. The maximum atomic E-state index is 5.21. The van der Waals surface area contributed by atoms with Gasteiger partial charge in [-0.05, 0) is 99.2 Å². The number of hydrogen-bond donors (Lipinski definition) is 0. The van der Waals surface area contributed by atoms with Crippen LogP contribution in [-0.2, 0) is 18.6 Å². The molecule has 0 amide bonds. The normalized spacial score (nSPS) is 17.5. The number of aliphatic imine (C=N–C) groups is 4. The first-order valence-electron chi connectivity index (χ1n) is 16.9. The predicted molar refractivity (Wildman–Crippen MR) is 206 cm³/mol. The lowest BCUT2D eigenvalue weighted by atomic mass is 9.99. The van der Waals surface area contributed by atoms with Crippen LogP contribution in [0.2, 0.25) is 0 Å². The minimum absolute atomic E-state index is 0.0488. The van der Waals surface area contributed by atoms with Gasteiger partial charge in [0.05, 0.1) is 70.8 Å². The number of pyridine rings is 2. The van der Waals surface area contributed by atoms with Crippen LogP contribution in [0.1, 0.15) is 92.5 Å². The van der Waals surface area contributed by atoms with E-state index in [1.165, 1.54) is 22.3 Å². The number of benzene rings is 2. The number of thioether (sulfide) groups is 1.